The van der Waals surface area contributed by atoms with Crippen molar-refractivity contribution < 1.29 is 13.2 Å². The van der Waals surface area contributed by atoms with Crippen LogP contribution in [0.4, 0.5) is 5.69 Å². The number of amides is 1. The molecule has 2 rings (SSSR count). The van der Waals surface area contributed by atoms with Crippen molar-refractivity contribution in [1.29, 1.82) is 0 Å². The van der Waals surface area contributed by atoms with Crippen LogP contribution in [0.15, 0.2) is 42.5 Å². The van der Waals surface area contributed by atoms with E-state index < -0.39 is 10.0 Å². The van der Waals surface area contributed by atoms with Gasteiger partial charge in [-0.05, 0) is 56.0 Å². The lowest BCUT2D eigenvalue weighted by molar-refractivity contribution is -0.120. The van der Waals surface area contributed by atoms with E-state index in [-0.39, 0.29) is 18.5 Å². The molecule has 5 nitrogen and oxygen atoms in total. The Morgan fingerprint density at radius 1 is 1.11 bits per heavy atom. The van der Waals surface area contributed by atoms with E-state index in [1.165, 1.54) is 0 Å². The van der Waals surface area contributed by atoms with Crippen molar-refractivity contribution in [1.82, 2.24) is 5.32 Å². The van der Waals surface area contributed by atoms with Gasteiger partial charge in [-0.1, -0.05) is 42.8 Å². The first-order chi connectivity index (χ1) is 12.6. The van der Waals surface area contributed by atoms with Crippen LogP contribution in [0.2, 0.25) is 0 Å². The zero-order chi connectivity index (χ0) is 20.2. The highest BCUT2D eigenvalue weighted by Crippen LogP contribution is 2.20. The lowest BCUT2D eigenvalue weighted by Crippen LogP contribution is -2.41. The number of sulfonamides is 1. The van der Waals surface area contributed by atoms with Crippen molar-refractivity contribution in [2.75, 3.05) is 17.1 Å². The van der Waals surface area contributed by atoms with Gasteiger partial charge >= 0.3 is 0 Å². The van der Waals surface area contributed by atoms with Gasteiger partial charge in [0.1, 0.15) is 6.54 Å². The Labute approximate surface area is 162 Å². The molecule has 0 heterocycles. The third kappa shape index (κ3) is 5.57. The maximum absolute atomic E-state index is 12.5. The maximum atomic E-state index is 12.5. The van der Waals surface area contributed by atoms with Crippen LogP contribution in [-0.4, -0.2) is 27.1 Å². The van der Waals surface area contributed by atoms with Crippen LogP contribution < -0.4 is 9.62 Å². The van der Waals surface area contributed by atoms with E-state index >= 15 is 0 Å². The van der Waals surface area contributed by atoms with Crippen LogP contribution in [-0.2, 0) is 21.2 Å². The van der Waals surface area contributed by atoms with Crippen LogP contribution >= 0.6 is 0 Å². The summed E-state index contributed by atoms with van der Waals surface area (Å²) in [5, 5.41) is 2.91. The standard InChI is InChI=1S/C21H28N2O3S/c1-6-18-8-10-19(11-9-18)23(27(5,25)26)14-21(24)22-17(4)20-12-7-15(2)13-16(20)3/h7-13,17H,6,14H2,1-5H3,(H,22,24)/t17-/m0/s1. The highest BCUT2D eigenvalue weighted by Gasteiger charge is 2.22. The number of anilines is 1. The van der Waals surface area contributed by atoms with Crippen molar-refractivity contribution in [2.24, 2.45) is 0 Å². The fraction of sp³-hybridized carbons (Fsp3) is 0.381. The van der Waals surface area contributed by atoms with E-state index in [4.69, 9.17) is 0 Å². The summed E-state index contributed by atoms with van der Waals surface area (Å²) >= 11 is 0. The van der Waals surface area contributed by atoms with Gasteiger partial charge in [0.25, 0.3) is 0 Å². The van der Waals surface area contributed by atoms with E-state index in [0.29, 0.717) is 5.69 Å². The predicted molar refractivity (Wildman–Crippen MR) is 110 cm³/mol. The van der Waals surface area contributed by atoms with E-state index in [2.05, 4.69) is 11.4 Å². The molecule has 1 atom stereocenters. The normalized spacial score (nSPS) is 12.5. The molecule has 0 aliphatic rings. The van der Waals surface area contributed by atoms with Crippen LogP contribution in [0.3, 0.4) is 0 Å². The highest BCUT2D eigenvalue weighted by molar-refractivity contribution is 7.92. The molecule has 0 unspecified atom stereocenters. The maximum Gasteiger partial charge on any atom is 0.241 e. The number of carbonyl (C=O) groups is 1. The molecule has 0 bridgehead atoms. The molecule has 0 radical (unpaired) electrons. The molecule has 2 aromatic carbocycles. The van der Waals surface area contributed by atoms with Crippen molar-refractivity contribution >= 4 is 21.6 Å². The second-order valence-electron chi connectivity index (χ2n) is 6.94. The summed E-state index contributed by atoms with van der Waals surface area (Å²) in [6.45, 7) is 7.71. The summed E-state index contributed by atoms with van der Waals surface area (Å²) in [6.07, 6.45) is 1.98. The quantitative estimate of drug-likeness (QED) is 0.789. The van der Waals surface area contributed by atoms with Crippen molar-refractivity contribution in [3.8, 4) is 0 Å². The molecule has 0 aliphatic carbocycles. The number of aryl methyl sites for hydroxylation is 3. The number of hydrogen-bond acceptors (Lipinski definition) is 3. The molecule has 1 N–H and O–H groups in total. The second-order valence-corrected chi connectivity index (χ2v) is 8.85. The number of benzene rings is 2. The van der Waals surface area contributed by atoms with Gasteiger partial charge in [-0.3, -0.25) is 9.10 Å². The third-order valence-corrected chi connectivity index (χ3v) is 5.73. The van der Waals surface area contributed by atoms with Gasteiger partial charge in [-0.15, -0.1) is 0 Å². The van der Waals surface area contributed by atoms with Gasteiger partial charge < -0.3 is 5.32 Å². The SMILES string of the molecule is CCc1ccc(N(CC(=O)N[C@@H](C)c2ccc(C)cc2C)S(C)(=O)=O)cc1. The first-order valence-electron chi connectivity index (χ1n) is 9.05. The first kappa shape index (κ1) is 21.0. The van der Waals surface area contributed by atoms with Gasteiger partial charge in [0.15, 0.2) is 0 Å². The molecular formula is C21H28N2O3S. The molecule has 0 saturated carbocycles. The van der Waals surface area contributed by atoms with Gasteiger partial charge in [-0.25, -0.2) is 8.42 Å². The molecule has 0 aromatic heterocycles. The van der Waals surface area contributed by atoms with Crippen molar-refractivity contribution in [3.05, 3.63) is 64.7 Å². The minimum Gasteiger partial charge on any atom is -0.348 e. The molecule has 0 aliphatic heterocycles. The molecule has 2 aromatic rings. The number of nitrogens with zero attached hydrogens (tertiary/aromatic N) is 1. The molecule has 0 spiro atoms. The number of carbonyl (C=O) groups excluding carboxylic acids is 1. The molecular weight excluding hydrogens is 360 g/mol. The van der Waals surface area contributed by atoms with E-state index in [9.17, 15) is 13.2 Å². The lowest BCUT2D eigenvalue weighted by atomic mass is 10.0. The first-order valence-corrected chi connectivity index (χ1v) is 10.9. The van der Waals surface area contributed by atoms with E-state index in [0.717, 1.165) is 39.2 Å². The Morgan fingerprint density at radius 2 is 1.74 bits per heavy atom. The van der Waals surface area contributed by atoms with E-state index in [1.54, 1.807) is 12.1 Å². The molecule has 1 amide bonds. The Bertz CT molecular complexity index is 906. The van der Waals surface area contributed by atoms with Crippen molar-refractivity contribution in [2.45, 2.75) is 40.2 Å². The summed E-state index contributed by atoms with van der Waals surface area (Å²) in [7, 11) is -3.57. The Kier molecular flexibility index (Phi) is 6.65. The fourth-order valence-electron chi connectivity index (χ4n) is 3.10. The van der Waals surface area contributed by atoms with Crippen LogP contribution in [0, 0.1) is 13.8 Å². The Morgan fingerprint density at radius 3 is 2.26 bits per heavy atom. The van der Waals surface area contributed by atoms with Gasteiger partial charge in [-0.2, -0.15) is 0 Å². The van der Waals surface area contributed by atoms with E-state index in [1.807, 2.05) is 52.0 Å². The Balaban J connectivity index is 2.16. The van der Waals surface area contributed by atoms with Crippen LogP contribution in [0.25, 0.3) is 0 Å². The number of rotatable bonds is 7. The van der Waals surface area contributed by atoms with Gasteiger partial charge in [0, 0.05) is 0 Å². The summed E-state index contributed by atoms with van der Waals surface area (Å²) < 4.78 is 25.6. The Hall–Kier alpha value is -2.34. The number of hydrogen-bond donors (Lipinski definition) is 1. The minimum atomic E-state index is -3.57. The molecule has 146 valence electrons. The summed E-state index contributed by atoms with van der Waals surface area (Å²) in [6, 6.07) is 13.1. The van der Waals surface area contributed by atoms with Crippen molar-refractivity contribution in [3.63, 3.8) is 0 Å². The zero-order valence-corrected chi connectivity index (χ0v) is 17.4. The monoisotopic (exact) mass is 388 g/mol. The zero-order valence-electron chi connectivity index (χ0n) is 16.6. The highest BCUT2D eigenvalue weighted by atomic mass is 32.2. The summed E-state index contributed by atoms with van der Waals surface area (Å²) in [4.78, 5) is 12.5. The fourth-order valence-corrected chi connectivity index (χ4v) is 3.96. The summed E-state index contributed by atoms with van der Waals surface area (Å²) in [5.41, 5.74) is 4.88. The molecule has 27 heavy (non-hydrogen) atoms. The van der Waals surface area contributed by atoms with Crippen LogP contribution in [0.1, 0.15) is 42.1 Å². The van der Waals surface area contributed by atoms with Crippen LogP contribution in [0.5, 0.6) is 0 Å². The average Bonchev–Trinajstić information content (AvgIpc) is 2.58. The largest absolute Gasteiger partial charge is 0.348 e. The summed E-state index contributed by atoms with van der Waals surface area (Å²) in [5.74, 6) is -0.340. The molecule has 0 saturated heterocycles. The number of nitrogens with one attached hydrogen (secondary N) is 1. The topological polar surface area (TPSA) is 66.5 Å². The third-order valence-electron chi connectivity index (χ3n) is 4.59. The minimum absolute atomic E-state index is 0.207. The lowest BCUT2D eigenvalue weighted by Gasteiger charge is -2.24. The second kappa shape index (κ2) is 8.57. The van der Waals surface area contributed by atoms with Gasteiger partial charge in [0.05, 0.1) is 18.0 Å². The molecule has 0 fully saturated rings. The average molecular weight is 389 g/mol. The molecule has 6 heteroatoms. The van der Waals surface area contributed by atoms with Gasteiger partial charge in [0.2, 0.25) is 15.9 Å². The predicted octanol–water partition coefficient (Wildman–Crippen LogP) is 3.51. The smallest absolute Gasteiger partial charge is 0.241 e.